The van der Waals surface area contributed by atoms with E-state index in [2.05, 4.69) is 31.1 Å². The van der Waals surface area contributed by atoms with Crippen LogP contribution in [0.2, 0.25) is 0 Å². The smallest absolute Gasteiger partial charge is 0.0610 e. The van der Waals surface area contributed by atoms with E-state index in [-0.39, 0.29) is 12.1 Å². The van der Waals surface area contributed by atoms with Gasteiger partial charge >= 0.3 is 0 Å². The predicted octanol–water partition coefficient (Wildman–Crippen LogP) is 3.03. The molecule has 0 aliphatic heterocycles. The second-order valence-electron chi connectivity index (χ2n) is 6.97. The van der Waals surface area contributed by atoms with Gasteiger partial charge in [-0.15, -0.1) is 0 Å². The van der Waals surface area contributed by atoms with Gasteiger partial charge in [0.05, 0.1) is 6.61 Å². The second kappa shape index (κ2) is 9.75. The molecular formula is C17H36N2O. The monoisotopic (exact) mass is 284 g/mol. The van der Waals surface area contributed by atoms with Gasteiger partial charge in [-0.05, 0) is 58.7 Å². The van der Waals surface area contributed by atoms with E-state index >= 15 is 0 Å². The molecule has 3 heteroatoms. The van der Waals surface area contributed by atoms with E-state index in [0.29, 0.717) is 0 Å². The Morgan fingerprint density at radius 1 is 1.20 bits per heavy atom. The van der Waals surface area contributed by atoms with E-state index in [1.165, 1.54) is 58.0 Å². The Morgan fingerprint density at radius 2 is 1.90 bits per heavy atom. The van der Waals surface area contributed by atoms with Crippen molar-refractivity contribution in [2.75, 3.05) is 33.3 Å². The number of aliphatic hydroxyl groups is 1. The lowest BCUT2D eigenvalue weighted by Crippen LogP contribution is -2.45. The molecule has 1 fully saturated rings. The zero-order valence-electron chi connectivity index (χ0n) is 14.0. The van der Waals surface area contributed by atoms with E-state index in [1.54, 1.807) is 0 Å². The summed E-state index contributed by atoms with van der Waals surface area (Å²) >= 11 is 0. The first-order valence-electron chi connectivity index (χ1n) is 8.64. The van der Waals surface area contributed by atoms with Crippen LogP contribution in [0.3, 0.4) is 0 Å². The Labute approximate surface area is 126 Å². The summed E-state index contributed by atoms with van der Waals surface area (Å²) in [5.74, 6) is 0.943. The second-order valence-corrected chi connectivity index (χ2v) is 6.97. The molecule has 0 radical (unpaired) electrons. The van der Waals surface area contributed by atoms with Gasteiger partial charge in [-0.2, -0.15) is 0 Å². The van der Waals surface area contributed by atoms with Gasteiger partial charge in [0, 0.05) is 12.1 Å². The van der Waals surface area contributed by atoms with E-state index in [9.17, 15) is 5.11 Å². The molecule has 1 saturated carbocycles. The zero-order chi connectivity index (χ0) is 14.8. The van der Waals surface area contributed by atoms with Crippen molar-refractivity contribution < 1.29 is 5.11 Å². The van der Waals surface area contributed by atoms with Crippen molar-refractivity contribution >= 4 is 0 Å². The standard InChI is InChI=1S/C17H36N2O/c1-4-18-17(2,15-20)12-8-9-13-19(3)14-16-10-6-5-7-11-16/h16,18,20H,4-15H2,1-3H3. The van der Waals surface area contributed by atoms with Crippen LogP contribution in [0, 0.1) is 5.92 Å². The molecule has 0 bridgehead atoms. The van der Waals surface area contributed by atoms with Gasteiger partial charge in [0.25, 0.3) is 0 Å². The molecule has 1 aliphatic carbocycles. The third-order valence-electron chi connectivity index (χ3n) is 4.77. The first-order valence-corrected chi connectivity index (χ1v) is 8.64. The van der Waals surface area contributed by atoms with Crippen molar-refractivity contribution in [2.45, 2.75) is 70.8 Å². The van der Waals surface area contributed by atoms with Crippen molar-refractivity contribution in [1.29, 1.82) is 0 Å². The molecule has 3 nitrogen and oxygen atoms in total. The van der Waals surface area contributed by atoms with Gasteiger partial charge in [0.1, 0.15) is 0 Å². The van der Waals surface area contributed by atoms with Crippen LogP contribution >= 0.6 is 0 Å². The minimum atomic E-state index is -0.0866. The molecule has 2 N–H and O–H groups in total. The van der Waals surface area contributed by atoms with Crippen molar-refractivity contribution in [3.63, 3.8) is 0 Å². The first-order chi connectivity index (χ1) is 9.59. The lowest BCUT2D eigenvalue weighted by Gasteiger charge is -2.29. The van der Waals surface area contributed by atoms with Crippen LogP contribution in [0.4, 0.5) is 0 Å². The highest BCUT2D eigenvalue weighted by molar-refractivity contribution is 4.81. The van der Waals surface area contributed by atoms with Gasteiger partial charge in [-0.25, -0.2) is 0 Å². The van der Waals surface area contributed by atoms with Crippen molar-refractivity contribution in [3.05, 3.63) is 0 Å². The number of unbranched alkanes of at least 4 members (excludes halogenated alkanes) is 1. The fraction of sp³-hybridized carbons (Fsp3) is 1.00. The Bertz CT molecular complexity index is 241. The van der Waals surface area contributed by atoms with Crippen LogP contribution in [0.25, 0.3) is 0 Å². The molecule has 1 rings (SSSR count). The quantitative estimate of drug-likeness (QED) is 0.605. The average Bonchev–Trinajstić information content (AvgIpc) is 2.45. The highest BCUT2D eigenvalue weighted by atomic mass is 16.3. The molecule has 1 aliphatic rings. The summed E-state index contributed by atoms with van der Waals surface area (Å²) in [6.07, 6.45) is 10.7. The lowest BCUT2D eigenvalue weighted by atomic mass is 9.89. The number of nitrogens with zero attached hydrogens (tertiary/aromatic N) is 1. The number of aliphatic hydroxyl groups excluding tert-OH is 1. The minimum absolute atomic E-state index is 0.0866. The fourth-order valence-electron chi connectivity index (χ4n) is 3.45. The van der Waals surface area contributed by atoms with Crippen molar-refractivity contribution in [3.8, 4) is 0 Å². The Kier molecular flexibility index (Phi) is 8.74. The lowest BCUT2D eigenvalue weighted by molar-refractivity contribution is 0.162. The van der Waals surface area contributed by atoms with Crippen LogP contribution in [0.15, 0.2) is 0 Å². The summed E-state index contributed by atoms with van der Waals surface area (Å²) in [4.78, 5) is 2.51. The summed E-state index contributed by atoms with van der Waals surface area (Å²) in [6, 6.07) is 0. The van der Waals surface area contributed by atoms with Gasteiger partial charge in [-0.3, -0.25) is 0 Å². The maximum atomic E-state index is 9.47. The van der Waals surface area contributed by atoms with Gasteiger partial charge in [0.2, 0.25) is 0 Å². The summed E-state index contributed by atoms with van der Waals surface area (Å²) in [5.41, 5.74) is -0.0866. The van der Waals surface area contributed by atoms with E-state index in [4.69, 9.17) is 0 Å². The first kappa shape index (κ1) is 17.9. The van der Waals surface area contributed by atoms with Crippen LogP contribution in [0.5, 0.6) is 0 Å². The molecule has 0 spiro atoms. The van der Waals surface area contributed by atoms with Crippen LogP contribution < -0.4 is 5.32 Å². The molecular weight excluding hydrogens is 248 g/mol. The molecule has 1 unspecified atom stereocenters. The number of nitrogens with one attached hydrogen (secondary N) is 1. The van der Waals surface area contributed by atoms with Crippen LogP contribution in [-0.4, -0.2) is 48.8 Å². The Hall–Kier alpha value is -0.120. The van der Waals surface area contributed by atoms with Gasteiger partial charge in [-0.1, -0.05) is 32.6 Å². The Balaban J connectivity index is 2.10. The largest absolute Gasteiger partial charge is 0.394 e. The van der Waals surface area contributed by atoms with Crippen molar-refractivity contribution in [2.24, 2.45) is 5.92 Å². The normalized spacial score (nSPS) is 20.2. The molecule has 0 amide bonds. The third kappa shape index (κ3) is 7.05. The minimum Gasteiger partial charge on any atom is -0.394 e. The number of rotatable bonds is 10. The number of hydrogen-bond acceptors (Lipinski definition) is 3. The van der Waals surface area contributed by atoms with E-state index < -0.39 is 0 Å². The van der Waals surface area contributed by atoms with E-state index in [0.717, 1.165) is 18.9 Å². The fourth-order valence-corrected chi connectivity index (χ4v) is 3.45. The Morgan fingerprint density at radius 3 is 2.50 bits per heavy atom. The maximum Gasteiger partial charge on any atom is 0.0610 e. The topological polar surface area (TPSA) is 35.5 Å². The van der Waals surface area contributed by atoms with Crippen LogP contribution in [-0.2, 0) is 0 Å². The highest BCUT2D eigenvalue weighted by Crippen LogP contribution is 2.24. The zero-order valence-corrected chi connectivity index (χ0v) is 14.0. The SMILES string of the molecule is CCNC(C)(CO)CCCCN(C)CC1CCCCC1. The number of hydrogen-bond donors (Lipinski definition) is 2. The summed E-state index contributed by atoms with van der Waals surface area (Å²) in [6.45, 7) is 7.88. The molecule has 0 aromatic rings. The third-order valence-corrected chi connectivity index (χ3v) is 4.77. The molecule has 0 aromatic carbocycles. The highest BCUT2D eigenvalue weighted by Gasteiger charge is 2.21. The summed E-state index contributed by atoms with van der Waals surface area (Å²) in [7, 11) is 2.27. The number of likely N-dealkylation sites (N-methyl/N-ethyl adjacent to an activating group) is 1. The molecule has 1 atom stereocenters. The molecule has 120 valence electrons. The van der Waals surface area contributed by atoms with Crippen LogP contribution in [0.1, 0.15) is 65.2 Å². The predicted molar refractivity (Wildman–Crippen MR) is 87.1 cm³/mol. The average molecular weight is 284 g/mol. The van der Waals surface area contributed by atoms with Gasteiger partial charge in [0.15, 0.2) is 0 Å². The van der Waals surface area contributed by atoms with E-state index in [1.807, 2.05) is 0 Å². The summed E-state index contributed by atoms with van der Waals surface area (Å²) < 4.78 is 0. The maximum absolute atomic E-state index is 9.47. The van der Waals surface area contributed by atoms with Crippen molar-refractivity contribution in [1.82, 2.24) is 10.2 Å². The molecule has 0 heterocycles. The summed E-state index contributed by atoms with van der Waals surface area (Å²) in [5, 5.41) is 12.9. The molecule has 0 saturated heterocycles. The molecule has 0 aromatic heterocycles. The molecule has 20 heavy (non-hydrogen) atoms. The van der Waals surface area contributed by atoms with Gasteiger partial charge < -0.3 is 15.3 Å².